The summed E-state index contributed by atoms with van der Waals surface area (Å²) in [4.78, 5) is 23.4. The summed E-state index contributed by atoms with van der Waals surface area (Å²) in [6.07, 6.45) is 2.85. The van der Waals surface area contributed by atoms with Crippen molar-refractivity contribution >= 4 is 29.0 Å². The van der Waals surface area contributed by atoms with Crippen molar-refractivity contribution in [2.75, 3.05) is 23.3 Å². The van der Waals surface area contributed by atoms with E-state index in [1.807, 2.05) is 38.1 Å². The predicted molar refractivity (Wildman–Crippen MR) is 123 cm³/mol. The van der Waals surface area contributed by atoms with Crippen LogP contribution in [0.4, 0.5) is 15.9 Å². The van der Waals surface area contributed by atoms with Crippen LogP contribution < -0.4 is 15.0 Å². The van der Waals surface area contributed by atoms with Gasteiger partial charge in [0.1, 0.15) is 23.7 Å². The lowest BCUT2D eigenvalue weighted by Gasteiger charge is -2.32. The van der Waals surface area contributed by atoms with Crippen molar-refractivity contribution < 1.29 is 13.9 Å². The van der Waals surface area contributed by atoms with Crippen molar-refractivity contribution in [2.45, 2.75) is 26.7 Å². The standard InChI is InChI=1S/C24H24ClFN4O2/c1-15-4-3-5-21(16(15)2)32-23-13-22(27-14-28-23)30-10-8-17(9-11-30)24(31)29-18-6-7-20(26)19(25)12-18/h3-7,12-14,17H,8-11H2,1-2H3,(H,29,31). The molecule has 0 spiro atoms. The van der Waals surface area contributed by atoms with Gasteiger partial charge in [-0.1, -0.05) is 23.7 Å². The Morgan fingerprint density at radius 2 is 1.94 bits per heavy atom. The third-order valence-corrected chi connectivity index (χ3v) is 6.06. The van der Waals surface area contributed by atoms with Crippen molar-refractivity contribution in [2.24, 2.45) is 5.92 Å². The third kappa shape index (κ3) is 4.99. The SMILES string of the molecule is Cc1cccc(Oc2cc(N3CCC(C(=O)Nc4ccc(F)c(Cl)c4)CC3)ncn2)c1C. The molecule has 1 aromatic heterocycles. The molecule has 0 atom stereocenters. The highest BCUT2D eigenvalue weighted by atomic mass is 35.5. The molecule has 0 radical (unpaired) electrons. The monoisotopic (exact) mass is 454 g/mol. The number of rotatable bonds is 5. The number of hydrogen-bond acceptors (Lipinski definition) is 5. The molecule has 1 N–H and O–H groups in total. The summed E-state index contributed by atoms with van der Waals surface area (Å²) >= 11 is 5.79. The lowest BCUT2D eigenvalue weighted by atomic mass is 9.96. The smallest absolute Gasteiger partial charge is 0.227 e. The molecule has 0 unspecified atom stereocenters. The number of hydrogen-bond donors (Lipinski definition) is 1. The molecule has 32 heavy (non-hydrogen) atoms. The number of carbonyl (C=O) groups is 1. The zero-order valence-corrected chi connectivity index (χ0v) is 18.7. The molecule has 4 rings (SSSR count). The van der Waals surface area contributed by atoms with Crippen LogP contribution in [0.25, 0.3) is 0 Å². The van der Waals surface area contributed by atoms with Gasteiger partial charge in [-0.2, -0.15) is 0 Å². The van der Waals surface area contributed by atoms with E-state index in [9.17, 15) is 9.18 Å². The summed E-state index contributed by atoms with van der Waals surface area (Å²) in [5, 5.41) is 2.81. The molecule has 1 fully saturated rings. The fraction of sp³-hybridized carbons (Fsp3) is 0.292. The number of piperidine rings is 1. The van der Waals surface area contributed by atoms with Gasteiger partial charge in [-0.3, -0.25) is 4.79 Å². The van der Waals surface area contributed by atoms with Gasteiger partial charge in [-0.25, -0.2) is 14.4 Å². The number of aryl methyl sites for hydroxylation is 1. The molecular formula is C24H24ClFN4O2. The van der Waals surface area contributed by atoms with Crippen molar-refractivity contribution in [1.29, 1.82) is 0 Å². The van der Waals surface area contributed by atoms with Gasteiger partial charge in [0.05, 0.1) is 5.02 Å². The van der Waals surface area contributed by atoms with Gasteiger partial charge >= 0.3 is 0 Å². The Morgan fingerprint density at radius 1 is 1.16 bits per heavy atom. The van der Waals surface area contributed by atoms with E-state index in [2.05, 4.69) is 20.2 Å². The van der Waals surface area contributed by atoms with Gasteiger partial charge in [0.2, 0.25) is 11.8 Å². The third-order valence-electron chi connectivity index (χ3n) is 5.77. The Morgan fingerprint density at radius 3 is 2.69 bits per heavy atom. The minimum absolute atomic E-state index is 0.0136. The number of ether oxygens (including phenoxy) is 1. The number of nitrogens with zero attached hydrogens (tertiary/aromatic N) is 3. The van der Waals surface area contributed by atoms with Crippen LogP contribution in [0.5, 0.6) is 11.6 Å². The Bertz CT molecular complexity index is 1130. The lowest BCUT2D eigenvalue weighted by Crippen LogP contribution is -2.38. The van der Waals surface area contributed by atoms with E-state index in [0.29, 0.717) is 37.5 Å². The number of anilines is 2. The second kappa shape index (κ2) is 9.53. The summed E-state index contributed by atoms with van der Waals surface area (Å²) in [7, 11) is 0. The number of halogens is 2. The molecule has 1 saturated heterocycles. The molecule has 0 saturated carbocycles. The van der Waals surface area contributed by atoms with Crippen molar-refractivity contribution in [3.63, 3.8) is 0 Å². The zero-order chi connectivity index (χ0) is 22.7. The predicted octanol–water partition coefficient (Wildman–Crippen LogP) is 5.53. The molecular weight excluding hydrogens is 431 g/mol. The summed E-state index contributed by atoms with van der Waals surface area (Å²) in [6, 6.07) is 11.9. The summed E-state index contributed by atoms with van der Waals surface area (Å²) < 4.78 is 19.3. The van der Waals surface area contributed by atoms with Crippen molar-refractivity contribution in [3.8, 4) is 11.6 Å². The molecule has 8 heteroatoms. The minimum Gasteiger partial charge on any atom is -0.439 e. The van der Waals surface area contributed by atoms with Crippen molar-refractivity contribution in [3.05, 3.63) is 70.8 Å². The molecule has 1 aliphatic heterocycles. The number of benzene rings is 2. The lowest BCUT2D eigenvalue weighted by molar-refractivity contribution is -0.120. The van der Waals surface area contributed by atoms with Crippen LogP contribution in [0.1, 0.15) is 24.0 Å². The Balaban J connectivity index is 1.36. The second-order valence-corrected chi connectivity index (χ2v) is 8.30. The number of aromatic nitrogens is 2. The topological polar surface area (TPSA) is 67.3 Å². The molecule has 3 aromatic rings. The van der Waals surface area contributed by atoms with Crippen LogP contribution in [-0.2, 0) is 4.79 Å². The highest BCUT2D eigenvalue weighted by Crippen LogP contribution is 2.29. The van der Waals surface area contributed by atoms with Gasteiger partial charge in [0.25, 0.3) is 0 Å². The Kier molecular flexibility index (Phi) is 6.55. The Labute approximate surface area is 191 Å². The van der Waals surface area contributed by atoms with Gasteiger partial charge in [0, 0.05) is 30.8 Å². The van der Waals surface area contributed by atoms with E-state index in [4.69, 9.17) is 16.3 Å². The van der Waals surface area contributed by atoms with Gasteiger partial charge in [0.15, 0.2) is 0 Å². The van der Waals surface area contributed by atoms with E-state index in [0.717, 1.165) is 22.7 Å². The van der Waals surface area contributed by atoms with Gasteiger partial charge < -0.3 is 15.0 Å². The normalized spacial score (nSPS) is 14.3. The highest BCUT2D eigenvalue weighted by Gasteiger charge is 2.26. The maximum Gasteiger partial charge on any atom is 0.227 e. The maximum atomic E-state index is 13.3. The molecule has 6 nitrogen and oxygen atoms in total. The average Bonchev–Trinajstić information content (AvgIpc) is 2.80. The summed E-state index contributed by atoms with van der Waals surface area (Å²) in [5.41, 5.74) is 2.72. The van der Waals surface area contributed by atoms with Crippen LogP contribution in [-0.4, -0.2) is 29.0 Å². The summed E-state index contributed by atoms with van der Waals surface area (Å²) in [6.45, 7) is 5.42. The minimum atomic E-state index is -0.510. The van der Waals surface area contributed by atoms with Gasteiger partial charge in [-0.15, -0.1) is 0 Å². The number of carbonyl (C=O) groups excluding carboxylic acids is 1. The van der Waals surface area contributed by atoms with Crippen LogP contribution in [0, 0.1) is 25.6 Å². The van der Waals surface area contributed by atoms with Crippen LogP contribution in [0.15, 0.2) is 48.8 Å². The molecule has 2 heterocycles. The first-order valence-electron chi connectivity index (χ1n) is 10.5. The van der Waals surface area contributed by atoms with E-state index >= 15 is 0 Å². The Hall–Kier alpha value is -3.19. The first kappa shape index (κ1) is 22.0. The summed E-state index contributed by atoms with van der Waals surface area (Å²) in [5.74, 6) is 1.28. The quantitative estimate of drug-likeness (QED) is 0.548. The fourth-order valence-electron chi connectivity index (χ4n) is 3.70. The largest absolute Gasteiger partial charge is 0.439 e. The molecule has 2 aromatic carbocycles. The van der Waals surface area contributed by atoms with Crippen molar-refractivity contribution in [1.82, 2.24) is 9.97 Å². The van der Waals surface area contributed by atoms with Gasteiger partial charge in [-0.05, 0) is 62.1 Å². The first-order valence-corrected chi connectivity index (χ1v) is 10.9. The van der Waals surface area contributed by atoms with Crippen LogP contribution >= 0.6 is 11.6 Å². The molecule has 0 bridgehead atoms. The zero-order valence-electron chi connectivity index (χ0n) is 17.9. The molecule has 1 amide bonds. The molecule has 1 aliphatic rings. The fourth-order valence-corrected chi connectivity index (χ4v) is 3.88. The average molecular weight is 455 g/mol. The van der Waals surface area contributed by atoms with E-state index < -0.39 is 5.82 Å². The molecule has 166 valence electrons. The van der Waals surface area contributed by atoms with E-state index in [1.54, 1.807) is 0 Å². The maximum absolute atomic E-state index is 13.3. The highest BCUT2D eigenvalue weighted by molar-refractivity contribution is 6.31. The van der Waals surface area contributed by atoms with Crippen LogP contribution in [0.3, 0.4) is 0 Å². The molecule has 0 aliphatic carbocycles. The van der Waals surface area contributed by atoms with Crippen LogP contribution in [0.2, 0.25) is 5.02 Å². The number of amides is 1. The van der Waals surface area contributed by atoms with E-state index in [-0.39, 0.29) is 16.8 Å². The first-order chi connectivity index (χ1) is 15.4. The van der Waals surface area contributed by atoms with E-state index in [1.165, 1.54) is 24.5 Å². The second-order valence-electron chi connectivity index (χ2n) is 7.89. The number of nitrogens with one attached hydrogen (secondary N) is 1.